The second kappa shape index (κ2) is 8.79. The van der Waals surface area contributed by atoms with E-state index in [4.69, 9.17) is 0 Å². The zero-order chi connectivity index (χ0) is 22.8. The third-order valence-corrected chi connectivity index (χ3v) is 4.65. The lowest BCUT2D eigenvalue weighted by Crippen LogP contribution is -2.27. The highest BCUT2D eigenvalue weighted by atomic mass is 19.4. The lowest BCUT2D eigenvalue weighted by molar-refractivity contribution is -0.145. The zero-order valence-electron chi connectivity index (χ0n) is 17.5. The molecule has 3 heterocycles. The quantitative estimate of drug-likeness (QED) is 0.626. The van der Waals surface area contributed by atoms with Crippen molar-refractivity contribution in [2.24, 2.45) is 0 Å². The van der Waals surface area contributed by atoms with Gasteiger partial charge in [-0.15, -0.1) is 0 Å². The average molecular weight is 429 g/mol. The van der Waals surface area contributed by atoms with Crippen molar-refractivity contribution in [3.8, 4) is 11.4 Å². The molecule has 1 N–H and O–H groups in total. The summed E-state index contributed by atoms with van der Waals surface area (Å²) >= 11 is 0. The van der Waals surface area contributed by atoms with Crippen LogP contribution in [0.3, 0.4) is 0 Å². The standard InChI is InChI=1S/C22H22F3N5O/c1-12(2)18-7-15(8-19(30-18)17-6-5-13(3)9-26-17)20(31)29-14(4)16-10-27-21(28-11-16)22(23,24)25/h5-12,14H,1-4H3,(H,29,31)/t14-/m1/s1. The summed E-state index contributed by atoms with van der Waals surface area (Å²) in [6.07, 6.45) is -0.760. The number of nitrogens with one attached hydrogen (secondary N) is 1. The monoisotopic (exact) mass is 429 g/mol. The number of nitrogens with zero attached hydrogens (tertiary/aromatic N) is 4. The fraction of sp³-hybridized carbons (Fsp3) is 0.318. The Kier molecular flexibility index (Phi) is 6.33. The van der Waals surface area contributed by atoms with Crippen LogP contribution in [0.15, 0.2) is 42.9 Å². The molecule has 0 unspecified atom stereocenters. The van der Waals surface area contributed by atoms with Crippen LogP contribution in [-0.2, 0) is 6.18 Å². The van der Waals surface area contributed by atoms with E-state index >= 15 is 0 Å². The first kappa shape index (κ1) is 22.3. The first-order chi connectivity index (χ1) is 14.5. The van der Waals surface area contributed by atoms with Gasteiger partial charge in [-0.05, 0) is 43.5 Å². The second-order valence-electron chi connectivity index (χ2n) is 7.57. The van der Waals surface area contributed by atoms with Gasteiger partial charge in [0.2, 0.25) is 5.82 Å². The highest BCUT2D eigenvalue weighted by molar-refractivity contribution is 5.95. The maximum Gasteiger partial charge on any atom is 0.451 e. The molecule has 3 aromatic rings. The van der Waals surface area contributed by atoms with Crippen LogP contribution in [0.1, 0.15) is 65.7 Å². The number of amides is 1. The molecule has 31 heavy (non-hydrogen) atoms. The molecule has 9 heteroatoms. The molecule has 0 saturated heterocycles. The van der Waals surface area contributed by atoms with E-state index in [0.717, 1.165) is 23.7 Å². The van der Waals surface area contributed by atoms with Crippen LogP contribution in [0.5, 0.6) is 0 Å². The van der Waals surface area contributed by atoms with E-state index in [1.54, 1.807) is 25.3 Å². The van der Waals surface area contributed by atoms with Crippen molar-refractivity contribution in [2.75, 3.05) is 0 Å². The van der Waals surface area contributed by atoms with Crippen LogP contribution in [-0.4, -0.2) is 25.8 Å². The first-order valence-electron chi connectivity index (χ1n) is 9.69. The minimum atomic E-state index is -4.62. The molecule has 3 aromatic heterocycles. The van der Waals surface area contributed by atoms with Crippen molar-refractivity contribution in [1.29, 1.82) is 0 Å². The Hall–Kier alpha value is -3.36. The molecule has 0 spiro atoms. The Labute approximate surface area is 178 Å². The Morgan fingerprint density at radius 3 is 2.19 bits per heavy atom. The maximum absolute atomic E-state index is 12.9. The molecule has 0 fully saturated rings. The number of carbonyl (C=O) groups is 1. The third-order valence-electron chi connectivity index (χ3n) is 4.65. The summed E-state index contributed by atoms with van der Waals surface area (Å²) in [6, 6.07) is 6.51. The van der Waals surface area contributed by atoms with Crippen LogP contribution in [0.2, 0.25) is 0 Å². The van der Waals surface area contributed by atoms with Gasteiger partial charge in [-0.2, -0.15) is 13.2 Å². The van der Waals surface area contributed by atoms with Crippen molar-refractivity contribution >= 4 is 5.91 Å². The zero-order valence-corrected chi connectivity index (χ0v) is 17.5. The number of hydrogen-bond donors (Lipinski definition) is 1. The van der Waals surface area contributed by atoms with Crippen molar-refractivity contribution < 1.29 is 18.0 Å². The van der Waals surface area contributed by atoms with E-state index in [9.17, 15) is 18.0 Å². The SMILES string of the molecule is Cc1ccc(-c2cc(C(=O)N[C@H](C)c3cnc(C(F)(F)F)nc3)cc(C(C)C)n2)nc1. The second-order valence-corrected chi connectivity index (χ2v) is 7.57. The van der Waals surface area contributed by atoms with Gasteiger partial charge in [0.1, 0.15) is 0 Å². The molecule has 6 nitrogen and oxygen atoms in total. The van der Waals surface area contributed by atoms with E-state index < -0.39 is 18.0 Å². The molecule has 1 atom stereocenters. The number of alkyl halides is 3. The summed E-state index contributed by atoms with van der Waals surface area (Å²) in [4.78, 5) is 28.6. The Balaban J connectivity index is 1.85. The Morgan fingerprint density at radius 2 is 1.65 bits per heavy atom. The average Bonchev–Trinajstić information content (AvgIpc) is 2.73. The summed E-state index contributed by atoms with van der Waals surface area (Å²) in [5.41, 5.74) is 3.70. The molecular weight excluding hydrogens is 407 g/mol. The maximum atomic E-state index is 12.9. The van der Waals surface area contributed by atoms with Gasteiger partial charge in [0.15, 0.2) is 0 Å². The van der Waals surface area contributed by atoms with Gasteiger partial charge >= 0.3 is 6.18 Å². The Morgan fingerprint density at radius 1 is 0.968 bits per heavy atom. The van der Waals surface area contributed by atoms with Gasteiger partial charge in [0, 0.05) is 35.4 Å². The van der Waals surface area contributed by atoms with Gasteiger partial charge in [-0.25, -0.2) is 9.97 Å². The normalized spacial score (nSPS) is 12.6. The van der Waals surface area contributed by atoms with Gasteiger partial charge in [0.05, 0.1) is 17.4 Å². The number of rotatable bonds is 5. The Bertz CT molecular complexity index is 1060. The van der Waals surface area contributed by atoms with Gasteiger partial charge in [-0.3, -0.25) is 14.8 Å². The fourth-order valence-electron chi connectivity index (χ4n) is 2.80. The predicted molar refractivity (Wildman–Crippen MR) is 109 cm³/mol. The summed E-state index contributed by atoms with van der Waals surface area (Å²) in [7, 11) is 0. The highest BCUT2D eigenvalue weighted by Crippen LogP contribution is 2.26. The van der Waals surface area contributed by atoms with Crippen LogP contribution >= 0.6 is 0 Å². The van der Waals surface area contributed by atoms with Crippen molar-refractivity contribution in [3.63, 3.8) is 0 Å². The summed E-state index contributed by atoms with van der Waals surface area (Å²) in [5.74, 6) is -1.52. The lowest BCUT2D eigenvalue weighted by Gasteiger charge is -2.16. The van der Waals surface area contributed by atoms with Crippen molar-refractivity contribution in [3.05, 3.63) is 71.1 Å². The minimum Gasteiger partial charge on any atom is -0.345 e. The van der Waals surface area contributed by atoms with E-state index in [0.29, 0.717) is 22.5 Å². The topological polar surface area (TPSA) is 80.7 Å². The van der Waals surface area contributed by atoms with Crippen molar-refractivity contribution in [1.82, 2.24) is 25.3 Å². The largest absolute Gasteiger partial charge is 0.451 e. The predicted octanol–water partition coefficient (Wildman–Crippen LogP) is 4.88. The molecule has 0 aliphatic carbocycles. The molecule has 0 aromatic carbocycles. The van der Waals surface area contributed by atoms with Gasteiger partial charge in [0.25, 0.3) is 5.91 Å². The molecule has 0 radical (unpaired) electrons. The van der Waals surface area contributed by atoms with E-state index in [-0.39, 0.29) is 11.8 Å². The van der Waals surface area contributed by atoms with E-state index in [1.165, 1.54) is 0 Å². The first-order valence-corrected chi connectivity index (χ1v) is 9.69. The number of aryl methyl sites for hydroxylation is 1. The number of pyridine rings is 2. The fourth-order valence-corrected chi connectivity index (χ4v) is 2.80. The molecule has 0 saturated carbocycles. The van der Waals surface area contributed by atoms with Crippen molar-refractivity contribution in [2.45, 2.75) is 45.8 Å². The van der Waals surface area contributed by atoms with Crippen LogP contribution in [0.25, 0.3) is 11.4 Å². The number of carbonyl (C=O) groups excluding carboxylic acids is 1. The number of halogens is 3. The molecule has 162 valence electrons. The minimum absolute atomic E-state index is 0.0812. The molecule has 0 aliphatic rings. The molecule has 0 bridgehead atoms. The summed E-state index contributed by atoms with van der Waals surface area (Å²) in [6.45, 7) is 7.52. The highest BCUT2D eigenvalue weighted by Gasteiger charge is 2.34. The lowest BCUT2D eigenvalue weighted by atomic mass is 10.0. The number of hydrogen-bond acceptors (Lipinski definition) is 5. The molecule has 0 aliphatic heterocycles. The van der Waals surface area contributed by atoms with Gasteiger partial charge in [-0.1, -0.05) is 19.9 Å². The van der Waals surface area contributed by atoms with Crippen LogP contribution < -0.4 is 5.32 Å². The third kappa shape index (κ3) is 5.42. The number of aromatic nitrogens is 4. The van der Waals surface area contributed by atoms with Crippen LogP contribution in [0.4, 0.5) is 13.2 Å². The molecule has 3 rings (SSSR count). The molecule has 1 amide bonds. The summed E-state index contributed by atoms with van der Waals surface area (Å²) < 4.78 is 37.9. The van der Waals surface area contributed by atoms with E-state index in [2.05, 4.69) is 25.3 Å². The smallest absolute Gasteiger partial charge is 0.345 e. The van der Waals surface area contributed by atoms with E-state index in [1.807, 2.05) is 32.9 Å². The van der Waals surface area contributed by atoms with Crippen LogP contribution in [0, 0.1) is 6.92 Å². The summed E-state index contributed by atoms with van der Waals surface area (Å²) in [5, 5.41) is 2.78. The molecular formula is C22H22F3N5O. The van der Waals surface area contributed by atoms with Gasteiger partial charge < -0.3 is 5.32 Å².